The molecule has 2 rings (SSSR count). The number of nitrogens with one attached hydrogen (secondary N) is 2. The zero-order chi connectivity index (χ0) is 11.7. The standard InChI is InChI=1S/C9H10BrN5O/c10-5-3-13-8(12)6(14-5)9(16)15-7(11)4-1-2-4/h3-4H,1-2H2,(H2,12,13)(H2,11,15,16). The van der Waals surface area contributed by atoms with Gasteiger partial charge < -0.3 is 11.1 Å². The summed E-state index contributed by atoms with van der Waals surface area (Å²) >= 11 is 3.11. The van der Waals surface area contributed by atoms with Crippen molar-refractivity contribution in [1.29, 1.82) is 5.41 Å². The van der Waals surface area contributed by atoms with Gasteiger partial charge in [0.25, 0.3) is 5.91 Å². The first-order valence-electron chi connectivity index (χ1n) is 4.75. The summed E-state index contributed by atoms with van der Waals surface area (Å²) in [6, 6.07) is 0. The molecule has 1 heterocycles. The lowest BCUT2D eigenvalue weighted by Crippen LogP contribution is -2.32. The molecule has 0 aromatic carbocycles. The minimum Gasteiger partial charge on any atom is -0.382 e. The quantitative estimate of drug-likeness (QED) is 0.555. The van der Waals surface area contributed by atoms with Crippen LogP contribution in [-0.2, 0) is 0 Å². The summed E-state index contributed by atoms with van der Waals surface area (Å²) in [5, 5.41) is 10.0. The summed E-state index contributed by atoms with van der Waals surface area (Å²) in [7, 11) is 0. The van der Waals surface area contributed by atoms with E-state index in [2.05, 4.69) is 31.2 Å². The Morgan fingerprint density at radius 2 is 2.31 bits per heavy atom. The van der Waals surface area contributed by atoms with Crippen LogP contribution in [0.25, 0.3) is 0 Å². The van der Waals surface area contributed by atoms with Crippen LogP contribution in [-0.4, -0.2) is 21.7 Å². The van der Waals surface area contributed by atoms with Crippen molar-refractivity contribution in [3.05, 3.63) is 16.5 Å². The van der Waals surface area contributed by atoms with Crippen molar-refractivity contribution in [2.24, 2.45) is 5.92 Å². The number of hydrogen-bond donors (Lipinski definition) is 3. The molecular weight excluding hydrogens is 274 g/mol. The number of amides is 1. The van der Waals surface area contributed by atoms with Crippen molar-refractivity contribution >= 4 is 33.5 Å². The minimum atomic E-state index is -0.483. The first-order valence-corrected chi connectivity index (χ1v) is 5.55. The normalized spacial score (nSPS) is 14.6. The number of nitrogens with zero attached hydrogens (tertiary/aromatic N) is 2. The third-order valence-corrected chi connectivity index (χ3v) is 2.60. The predicted molar refractivity (Wildman–Crippen MR) is 62.1 cm³/mol. The van der Waals surface area contributed by atoms with Crippen LogP contribution in [0.15, 0.2) is 10.8 Å². The van der Waals surface area contributed by atoms with Crippen LogP contribution in [0.3, 0.4) is 0 Å². The second-order valence-electron chi connectivity index (χ2n) is 3.57. The van der Waals surface area contributed by atoms with Crippen LogP contribution >= 0.6 is 15.9 Å². The van der Waals surface area contributed by atoms with Crippen LogP contribution in [0.2, 0.25) is 0 Å². The van der Waals surface area contributed by atoms with Crippen molar-refractivity contribution in [2.75, 3.05) is 5.73 Å². The Morgan fingerprint density at radius 3 is 2.94 bits per heavy atom. The van der Waals surface area contributed by atoms with E-state index in [0.29, 0.717) is 4.60 Å². The van der Waals surface area contributed by atoms with Gasteiger partial charge >= 0.3 is 0 Å². The molecule has 1 saturated carbocycles. The third kappa shape index (κ3) is 2.35. The highest BCUT2D eigenvalue weighted by Gasteiger charge is 2.28. The van der Waals surface area contributed by atoms with Crippen molar-refractivity contribution < 1.29 is 4.79 Å². The van der Waals surface area contributed by atoms with E-state index in [4.69, 9.17) is 11.1 Å². The first kappa shape index (κ1) is 11.0. The monoisotopic (exact) mass is 283 g/mol. The smallest absolute Gasteiger partial charge is 0.279 e. The van der Waals surface area contributed by atoms with E-state index in [9.17, 15) is 4.79 Å². The van der Waals surface area contributed by atoms with E-state index >= 15 is 0 Å². The van der Waals surface area contributed by atoms with E-state index in [-0.39, 0.29) is 23.3 Å². The average Bonchev–Trinajstić information content (AvgIpc) is 3.04. The molecule has 0 saturated heterocycles. The van der Waals surface area contributed by atoms with E-state index in [1.807, 2.05) is 0 Å². The van der Waals surface area contributed by atoms with Crippen LogP contribution in [0.4, 0.5) is 5.82 Å². The molecule has 1 aromatic rings. The Bertz CT molecular complexity index is 457. The fraction of sp³-hybridized carbons (Fsp3) is 0.333. The van der Waals surface area contributed by atoms with Gasteiger partial charge in [-0.3, -0.25) is 10.2 Å². The molecular formula is C9H10BrN5O. The predicted octanol–water partition coefficient (Wildman–Crippen LogP) is 0.938. The number of halogens is 1. The average molecular weight is 284 g/mol. The molecule has 84 valence electrons. The fourth-order valence-electron chi connectivity index (χ4n) is 1.20. The Balaban J connectivity index is 2.13. The zero-order valence-corrected chi connectivity index (χ0v) is 9.91. The number of carbonyl (C=O) groups excluding carboxylic acids is 1. The Labute approximate surface area is 100 Å². The van der Waals surface area contributed by atoms with Crippen molar-refractivity contribution in [3.63, 3.8) is 0 Å². The Hall–Kier alpha value is -1.50. The van der Waals surface area contributed by atoms with Gasteiger partial charge in [-0.05, 0) is 28.8 Å². The molecule has 16 heavy (non-hydrogen) atoms. The summed E-state index contributed by atoms with van der Waals surface area (Å²) < 4.78 is 0.435. The number of anilines is 1. The van der Waals surface area contributed by atoms with Gasteiger partial charge in [0, 0.05) is 5.92 Å². The van der Waals surface area contributed by atoms with E-state index in [1.54, 1.807) is 0 Å². The molecule has 1 fully saturated rings. The largest absolute Gasteiger partial charge is 0.382 e. The lowest BCUT2D eigenvalue weighted by atomic mass is 10.3. The lowest BCUT2D eigenvalue weighted by molar-refractivity contribution is 0.0971. The second kappa shape index (κ2) is 4.17. The van der Waals surface area contributed by atoms with Gasteiger partial charge in [0.2, 0.25) is 0 Å². The SMILES string of the molecule is N=C(NC(=O)c1nc(Br)cnc1N)C1CC1. The first-order chi connectivity index (χ1) is 7.58. The maximum Gasteiger partial charge on any atom is 0.279 e. The molecule has 0 unspecified atom stereocenters. The fourth-order valence-corrected chi connectivity index (χ4v) is 1.48. The molecule has 0 radical (unpaired) electrons. The van der Waals surface area contributed by atoms with Gasteiger partial charge in [-0.15, -0.1) is 0 Å². The second-order valence-corrected chi connectivity index (χ2v) is 4.38. The van der Waals surface area contributed by atoms with Gasteiger partial charge in [-0.25, -0.2) is 9.97 Å². The molecule has 6 nitrogen and oxygen atoms in total. The number of hydrogen-bond acceptors (Lipinski definition) is 5. The molecule has 1 aliphatic carbocycles. The van der Waals surface area contributed by atoms with Crippen LogP contribution in [0, 0.1) is 11.3 Å². The maximum absolute atomic E-state index is 11.7. The highest BCUT2D eigenvalue weighted by Crippen LogP contribution is 2.29. The Morgan fingerprint density at radius 1 is 1.62 bits per heavy atom. The molecule has 1 amide bonds. The summed E-state index contributed by atoms with van der Waals surface area (Å²) in [6.07, 6.45) is 3.33. The van der Waals surface area contributed by atoms with E-state index < -0.39 is 5.91 Å². The van der Waals surface area contributed by atoms with Crippen molar-refractivity contribution in [2.45, 2.75) is 12.8 Å². The van der Waals surface area contributed by atoms with Crippen LogP contribution in [0.5, 0.6) is 0 Å². The van der Waals surface area contributed by atoms with Crippen LogP contribution < -0.4 is 11.1 Å². The lowest BCUT2D eigenvalue weighted by Gasteiger charge is -2.06. The van der Waals surface area contributed by atoms with Gasteiger partial charge in [-0.1, -0.05) is 0 Å². The zero-order valence-electron chi connectivity index (χ0n) is 8.33. The minimum absolute atomic E-state index is 0.0415. The van der Waals surface area contributed by atoms with Crippen molar-refractivity contribution in [1.82, 2.24) is 15.3 Å². The molecule has 0 atom stereocenters. The number of carbonyl (C=O) groups is 1. The number of nitrogen functional groups attached to an aromatic ring is 1. The van der Waals surface area contributed by atoms with Gasteiger partial charge in [0.15, 0.2) is 11.5 Å². The summed E-state index contributed by atoms with van der Waals surface area (Å²) in [5.74, 6) is -0.0102. The van der Waals surface area contributed by atoms with Crippen molar-refractivity contribution in [3.8, 4) is 0 Å². The maximum atomic E-state index is 11.7. The molecule has 4 N–H and O–H groups in total. The Kier molecular flexibility index (Phi) is 2.86. The van der Waals surface area contributed by atoms with E-state index in [1.165, 1.54) is 6.20 Å². The number of amidine groups is 1. The molecule has 0 spiro atoms. The van der Waals surface area contributed by atoms with Gasteiger partial charge in [-0.2, -0.15) is 0 Å². The molecule has 0 bridgehead atoms. The number of nitrogens with two attached hydrogens (primary N) is 1. The summed E-state index contributed by atoms with van der Waals surface area (Å²) in [6.45, 7) is 0. The topological polar surface area (TPSA) is 105 Å². The molecule has 1 aliphatic rings. The number of aromatic nitrogens is 2. The highest BCUT2D eigenvalue weighted by atomic mass is 79.9. The van der Waals surface area contributed by atoms with Gasteiger partial charge in [0.1, 0.15) is 10.4 Å². The summed E-state index contributed by atoms with van der Waals surface area (Å²) in [5.41, 5.74) is 5.57. The number of rotatable bonds is 2. The highest BCUT2D eigenvalue weighted by molar-refractivity contribution is 9.10. The van der Waals surface area contributed by atoms with Crippen LogP contribution in [0.1, 0.15) is 23.3 Å². The van der Waals surface area contributed by atoms with Gasteiger partial charge in [0.05, 0.1) is 6.20 Å². The summed E-state index contributed by atoms with van der Waals surface area (Å²) in [4.78, 5) is 19.4. The van der Waals surface area contributed by atoms with E-state index in [0.717, 1.165) is 12.8 Å². The third-order valence-electron chi connectivity index (χ3n) is 2.22. The molecule has 1 aromatic heterocycles. The molecule has 7 heteroatoms. The molecule has 0 aliphatic heterocycles.